The van der Waals surface area contributed by atoms with E-state index in [1.165, 1.54) is 0 Å². The summed E-state index contributed by atoms with van der Waals surface area (Å²) in [5.74, 6) is 2.19. The average Bonchev–Trinajstić information content (AvgIpc) is 2.88. The van der Waals surface area contributed by atoms with Gasteiger partial charge in [-0.15, -0.1) is 0 Å². The van der Waals surface area contributed by atoms with E-state index in [1.807, 2.05) is 60.7 Å². The van der Waals surface area contributed by atoms with E-state index in [2.05, 4.69) is 16.0 Å². The maximum atomic E-state index is 11.7. The molecule has 1 aliphatic rings. The molecule has 1 aliphatic heterocycles. The van der Waals surface area contributed by atoms with Crippen molar-refractivity contribution in [1.29, 1.82) is 0 Å². The molecule has 0 spiro atoms. The minimum Gasteiger partial charge on any atom is -0.311 e. The highest BCUT2D eigenvalue weighted by atomic mass is 16.7. The first-order valence-electron chi connectivity index (χ1n) is 6.08. The Labute approximate surface area is 115 Å². The molecule has 0 unspecified atom stereocenters. The molecule has 0 aromatic heterocycles. The standard InChI is InChI=1S/C16H10N2O2/c19-16-14(11-17-13-9-5-2-6-10-13)15(18-20-16)12-7-3-1-4-8-12/h1-10H. The normalized spacial score (nSPS) is 13.5. The summed E-state index contributed by atoms with van der Waals surface area (Å²) >= 11 is 0. The predicted octanol–water partition coefficient (Wildman–Crippen LogP) is 2.88. The lowest BCUT2D eigenvalue weighted by Crippen LogP contribution is -2.07. The van der Waals surface area contributed by atoms with Gasteiger partial charge in [-0.3, -0.25) is 0 Å². The molecule has 2 aromatic rings. The Balaban J connectivity index is 2.01. The van der Waals surface area contributed by atoms with Gasteiger partial charge in [-0.1, -0.05) is 53.7 Å². The number of hydrogen-bond donors (Lipinski definition) is 0. The molecule has 0 radical (unpaired) electrons. The Morgan fingerprint density at radius 2 is 1.60 bits per heavy atom. The lowest BCUT2D eigenvalue weighted by atomic mass is 10.0. The summed E-state index contributed by atoms with van der Waals surface area (Å²) in [5, 5.41) is 3.79. The number of nitrogens with zero attached hydrogens (tertiary/aromatic N) is 2. The van der Waals surface area contributed by atoms with Crippen LogP contribution < -0.4 is 0 Å². The lowest BCUT2D eigenvalue weighted by Gasteiger charge is -1.96. The van der Waals surface area contributed by atoms with Crippen LogP contribution in [0.5, 0.6) is 0 Å². The second-order valence-electron chi connectivity index (χ2n) is 4.12. The number of benzene rings is 2. The van der Waals surface area contributed by atoms with Crippen molar-refractivity contribution < 1.29 is 9.63 Å². The summed E-state index contributed by atoms with van der Waals surface area (Å²) < 4.78 is 0. The number of hydrogen-bond acceptors (Lipinski definition) is 4. The third kappa shape index (κ3) is 2.41. The van der Waals surface area contributed by atoms with E-state index in [9.17, 15) is 4.79 Å². The van der Waals surface area contributed by atoms with Gasteiger partial charge in [-0.05, 0) is 12.1 Å². The van der Waals surface area contributed by atoms with Crippen molar-refractivity contribution >= 4 is 23.2 Å². The molecular formula is C16H10N2O2. The summed E-state index contributed by atoms with van der Waals surface area (Å²) in [5.41, 5.74) is 2.20. The van der Waals surface area contributed by atoms with Gasteiger partial charge in [0.15, 0.2) is 5.57 Å². The molecule has 1 heterocycles. The molecule has 4 heteroatoms. The Morgan fingerprint density at radius 1 is 0.950 bits per heavy atom. The third-order valence-corrected chi connectivity index (χ3v) is 2.76. The summed E-state index contributed by atoms with van der Waals surface area (Å²) in [7, 11) is 0. The van der Waals surface area contributed by atoms with Gasteiger partial charge < -0.3 is 4.84 Å². The first-order chi connectivity index (χ1) is 9.84. The van der Waals surface area contributed by atoms with Crippen molar-refractivity contribution in [3.05, 3.63) is 71.8 Å². The van der Waals surface area contributed by atoms with Crippen molar-refractivity contribution in [3.8, 4) is 0 Å². The van der Waals surface area contributed by atoms with Crippen molar-refractivity contribution in [2.75, 3.05) is 0 Å². The van der Waals surface area contributed by atoms with Crippen LogP contribution in [-0.2, 0) is 9.63 Å². The number of aliphatic imine (C=N–C) groups is 1. The smallest absolute Gasteiger partial charge is 0.311 e. The van der Waals surface area contributed by atoms with Crippen LogP contribution in [-0.4, -0.2) is 17.6 Å². The van der Waals surface area contributed by atoms with E-state index >= 15 is 0 Å². The minimum atomic E-state index is -0.538. The fourth-order valence-corrected chi connectivity index (χ4v) is 1.79. The number of para-hydroxylation sites is 1. The summed E-state index contributed by atoms with van der Waals surface area (Å²) in [6, 6.07) is 18.6. The first-order valence-corrected chi connectivity index (χ1v) is 6.08. The Hall–Kier alpha value is -2.97. The largest absolute Gasteiger partial charge is 0.377 e. The fraction of sp³-hybridized carbons (Fsp3) is 0. The highest BCUT2D eigenvalue weighted by molar-refractivity contribution is 6.33. The van der Waals surface area contributed by atoms with E-state index < -0.39 is 5.97 Å². The first kappa shape index (κ1) is 12.1. The molecule has 0 saturated heterocycles. The fourth-order valence-electron chi connectivity index (χ4n) is 1.79. The van der Waals surface area contributed by atoms with Gasteiger partial charge in [0.2, 0.25) is 0 Å². The van der Waals surface area contributed by atoms with Crippen LogP contribution in [0.2, 0.25) is 0 Å². The van der Waals surface area contributed by atoms with Crippen LogP contribution >= 0.6 is 0 Å². The van der Waals surface area contributed by atoms with E-state index in [1.54, 1.807) is 0 Å². The van der Waals surface area contributed by atoms with Crippen molar-refractivity contribution in [2.24, 2.45) is 10.1 Å². The van der Waals surface area contributed by atoms with Gasteiger partial charge in [0.05, 0.1) is 5.69 Å². The maximum absolute atomic E-state index is 11.7. The SMILES string of the molecule is O=C1ON=C(c2ccccc2)C1=C=Nc1ccccc1. The molecule has 4 nitrogen and oxygen atoms in total. The topological polar surface area (TPSA) is 51.0 Å². The van der Waals surface area contributed by atoms with Gasteiger partial charge in [0, 0.05) is 11.4 Å². The Morgan fingerprint density at radius 3 is 2.30 bits per heavy atom. The molecule has 0 bridgehead atoms. The van der Waals surface area contributed by atoms with Crippen LogP contribution in [0.25, 0.3) is 0 Å². The molecule has 20 heavy (non-hydrogen) atoms. The van der Waals surface area contributed by atoms with Crippen molar-refractivity contribution in [2.45, 2.75) is 0 Å². The maximum Gasteiger partial charge on any atom is 0.377 e. The number of oxime groups is 1. The number of carbonyl (C=O) groups excluding carboxylic acids is 1. The minimum absolute atomic E-state index is 0.236. The highest BCUT2D eigenvalue weighted by Crippen LogP contribution is 2.16. The van der Waals surface area contributed by atoms with Gasteiger partial charge in [-0.25, -0.2) is 9.79 Å². The Kier molecular flexibility index (Phi) is 3.23. The Bertz CT molecular complexity index is 728. The van der Waals surface area contributed by atoms with Gasteiger partial charge in [0.1, 0.15) is 5.71 Å². The second-order valence-corrected chi connectivity index (χ2v) is 4.12. The molecule has 0 saturated carbocycles. The van der Waals surface area contributed by atoms with Crippen molar-refractivity contribution in [3.63, 3.8) is 0 Å². The molecule has 0 atom stereocenters. The van der Waals surface area contributed by atoms with Crippen LogP contribution in [0.1, 0.15) is 5.56 Å². The zero-order chi connectivity index (χ0) is 13.8. The van der Waals surface area contributed by atoms with Crippen LogP contribution in [0.3, 0.4) is 0 Å². The predicted molar refractivity (Wildman–Crippen MR) is 76.1 cm³/mol. The molecule has 0 amide bonds. The molecule has 0 aliphatic carbocycles. The zero-order valence-corrected chi connectivity index (χ0v) is 10.5. The van der Waals surface area contributed by atoms with E-state index in [-0.39, 0.29) is 5.57 Å². The van der Waals surface area contributed by atoms with E-state index in [4.69, 9.17) is 4.84 Å². The number of rotatable bonds is 2. The van der Waals surface area contributed by atoms with Gasteiger partial charge in [0.25, 0.3) is 0 Å². The highest BCUT2D eigenvalue weighted by Gasteiger charge is 2.27. The van der Waals surface area contributed by atoms with Gasteiger partial charge >= 0.3 is 5.97 Å². The molecule has 3 rings (SSSR count). The summed E-state index contributed by atoms with van der Waals surface area (Å²) in [6.45, 7) is 0. The average molecular weight is 262 g/mol. The van der Waals surface area contributed by atoms with E-state index in [0.29, 0.717) is 11.4 Å². The molecular weight excluding hydrogens is 252 g/mol. The van der Waals surface area contributed by atoms with Crippen LogP contribution in [0.15, 0.2) is 76.4 Å². The van der Waals surface area contributed by atoms with E-state index in [0.717, 1.165) is 5.56 Å². The third-order valence-electron chi connectivity index (χ3n) is 2.76. The summed E-state index contributed by atoms with van der Waals surface area (Å²) in [6.07, 6.45) is 0. The van der Waals surface area contributed by atoms with Crippen molar-refractivity contribution in [1.82, 2.24) is 0 Å². The molecule has 0 fully saturated rings. The molecule has 96 valence electrons. The zero-order valence-electron chi connectivity index (χ0n) is 10.5. The molecule has 2 aromatic carbocycles. The van der Waals surface area contributed by atoms with Crippen LogP contribution in [0, 0.1) is 0 Å². The monoisotopic (exact) mass is 262 g/mol. The second kappa shape index (κ2) is 5.34. The molecule has 0 N–H and O–H groups in total. The van der Waals surface area contributed by atoms with Crippen LogP contribution in [0.4, 0.5) is 5.69 Å². The number of carbonyl (C=O) groups is 1. The quantitative estimate of drug-likeness (QED) is 0.474. The van der Waals surface area contributed by atoms with Gasteiger partial charge in [-0.2, -0.15) is 0 Å². The summed E-state index contributed by atoms with van der Waals surface area (Å²) in [4.78, 5) is 20.5. The lowest BCUT2D eigenvalue weighted by molar-refractivity contribution is -0.136.